The molecule has 1 rings (SSSR count). The standard InChI is InChI=1S/C7H12O3/c8-6(7(9)10)5-3-1-2-4-5/h5-6,8H,1-4H2,(H,9,10)/t6-/m0/s1. The van der Waals surface area contributed by atoms with Gasteiger partial charge in [-0.05, 0) is 18.8 Å². The molecule has 1 aliphatic rings. The lowest BCUT2D eigenvalue weighted by molar-refractivity contribution is -0.149. The third-order valence-electron chi connectivity index (χ3n) is 2.10. The van der Waals surface area contributed by atoms with E-state index in [1.54, 1.807) is 0 Å². The van der Waals surface area contributed by atoms with Crippen LogP contribution in [0.25, 0.3) is 0 Å². The van der Waals surface area contributed by atoms with Gasteiger partial charge in [-0.1, -0.05) is 12.8 Å². The molecule has 0 heterocycles. The van der Waals surface area contributed by atoms with Crippen LogP contribution in [0.3, 0.4) is 0 Å². The third kappa shape index (κ3) is 1.48. The first-order valence-corrected chi connectivity index (χ1v) is 3.62. The highest BCUT2D eigenvalue weighted by molar-refractivity contribution is 5.72. The SMILES string of the molecule is O=C(O)[C@@H](O)C1CCCC1. The molecule has 10 heavy (non-hydrogen) atoms. The molecule has 1 saturated carbocycles. The summed E-state index contributed by atoms with van der Waals surface area (Å²) < 4.78 is 0. The second-order valence-electron chi connectivity index (χ2n) is 2.83. The summed E-state index contributed by atoms with van der Waals surface area (Å²) in [5.74, 6) is -1.07. The number of carboxylic acid groups (broad SMARTS) is 1. The van der Waals surface area contributed by atoms with Crippen molar-refractivity contribution in [3.63, 3.8) is 0 Å². The molecule has 0 saturated heterocycles. The number of carboxylic acids is 1. The molecule has 0 bridgehead atoms. The van der Waals surface area contributed by atoms with Crippen molar-refractivity contribution in [2.75, 3.05) is 0 Å². The van der Waals surface area contributed by atoms with Crippen LogP contribution in [0.5, 0.6) is 0 Å². The highest BCUT2D eigenvalue weighted by atomic mass is 16.4. The highest BCUT2D eigenvalue weighted by Gasteiger charge is 2.27. The van der Waals surface area contributed by atoms with Gasteiger partial charge in [0.1, 0.15) is 0 Å². The van der Waals surface area contributed by atoms with E-state index in [-0.39, 0.29) is 5.92 Å². The Labute approximate surface area is 59.7 Å². The van der Waals surface area contributed by atoms with Crippen LogP contribution in [0.4, 0.5) is 0 Å². The zero-order chi connectivity index (χ0) is 7.56. The summed E-state index contributed by atoms with van der Waals surface area (Å²) in [5, 5.41) is 17.4. The molecule has 0 aromatic carbocycles. The minimum absolute atomic E-state index is 0.0116. The lowest BCUT2D eigenvalue weighted by Crippen LogP contribution is -2.27. The first kappa shape index (κ1) is 7.54. The predicted octanol–water partition coefficient (Wildman–Crippen LogP) is 0.622. The predicted molar refractivity (Wildman–Crippen MR) is 35.6 cm³/mol. The minimum atomic E-state index is -1.12. The maximum Gasteiger partial charge on any atom is 0.332 e. The lowest BCUT2D eigenvalue weighted by Gasteiger charge is -2.11. The van der Waals surface area contributed by atoms with E-state index in [1.807, 2.05) is 0 Å². The number of rotatable bonds is 2. The first-order valence-electron chi connectivity index (χ1n) is 3.62. The fourth-order valence-corrected chi connectivity index (χ4v) is 1.47. The van der Waals surface area contributed by atoms with Gasteiger partial charge in [0.2, 0.25) is 0 Å². The van der Waals surface area contributed by atoms with Crippen LogP contribution in [0.2, 0.25) is 0 Å². The lowest BCUT2D eigenvalue weighted by atomic mass is 10.0. The fraction of sp³-hybridized carbons (Fsp3) is 0.857. The van der Waals surface area contributed by atoms with Gasteiger partial charge in [0.15, 0.2) is 6.10 Å². The molecule has 0 aromatic rings. The Bertz CT molecular complexity index is 127. The molecular weight excluding hydrogens is 132 g/mol. The molecule has 1 fully saturated rings. The molecule has 0 radical (unpaired) electrons. The van der Waals surface area contributed by atoms with Crippen molar-refractivity contribution in [3.05, 3.63) is 0 Å². The highest BCUT2D eigenvalue weighted by Crippen LogP contribution is 2.27. The maximum absolute atomic E-state index is 10.2. The number of carbonyl (C=O) groups is 1. The molecule has 3 heteroatoms. The van der Waals surface area contributed by atoms with Crippen LogP contribution >= 0.6 is 0 Å². The minimum Gasteiger partial charge on any atom is -0.479 e. The quantitative estimate of drug-likeness (QED) is 0.597. The summed E-state index contributed by atoms with van der Waals surface area (Å²) in [6, 6.07) is 0. The molecule has 0 spiro atoms. The summed E-state index contributed by atoms with van der Waals surface area (Å²) in [6.45, 7) is 0. The van der Waals surface area contributed by atoms with E-state index in [9.17, 15) is 4.79 Å². The zero-order valence-corrected chi connectivity index (χ0v) is 5.79. The van der Waals surface area contributed by atoms with Gasteiger partial charge >= 0.3 is 5.97 Å². The van der Waals surface area contributed by atoms with Crippen LogP contribution in [0.1, 0.15) is 25.7 Å². The molecule has 3 nitrogen and oxygen atoms in total. The summed E-state index contributed by atoms with van der Waals surface area (Å²) in [6.07, 6.45) is 2.74. The molecule has 0 unspecified atom stereocenters. The van der Waals surface area contributed by atoms with Crippen molar-refractivity contribution in [3.8, 4) is 0 Å². The van der Waals surface area contributed by atoms with E-state index >= 15 is 0 Å². The largest absolute Gasteiger partial charge is 0.479 e. The molecule has 2 N–H and O–H groups in total. The van der Waals surface area contributed by atoms with Crippen LogP contribution in [0, 0.1) is 5.92 Å². The topological polar surface area (TPSA) is 57.5 Å². The van der Waals surface area contributed by atoms with E-state index < -0.39 is 12.1 Å². The Morgan fingerprint density at radius 2 is 1.90 bits per heavy atom. The van der Waals surface area contributed by atoms with Gasteiger partial charge in [-0.15, -0.1) is 0 Å². The molecule has 1 atom stereocenters. The second-order valence-corrected chi connectivity index (χ2v) is 2.83. The van der Waals surface area contributed by atoms with Gasteiger partial charge in [0.05, 0.1) is 0 Å². The molecule has 58 valence electrons. The van der Waals surface area contributed by atoms with Gasteiger partial charge < -0.3 is 10.2 Å². The van der Waals surface area contributed by atoms with E-state index in [0.717, 1.165) is 25.7 Å². The van der Waals surface area contributed by atoms with Crippen LogP contribution in [-0.2, 0) is 4.79 Å². The number of aliphatic carboxylic acids is 1. The summed E-state index contributed by atoms with van der Waals surface area (Å²) >= 11 is 0. The second kappa shape index (κ2) is 3.01. The third-order valence-corrected chi connectivity index (χ3v) is 2.10. The number of hydrogen-bond acceptors (Lipinski definition) is 2. The Kier molecular flexibility index (Phi) is 2.27. The van der Waals surface area contributed by atoms with E-state index in [1.165, 1.54) is 0 Å². The normalized spacial score (nSPS) is 22.9. The van der Waals surface area contributed by atoms with Crippen LogP contribution in [-0.4, -0.2) is 22.3 Å². The smallest absolute Gasteiger partial charge is 0.332 e. The zero-order valence-electron chi connectivity index (χ0n) is 5.79. The molecule has 0 aliphatic heterocycles. The number of aliphatic hydroxyl groups is 1. The summed E-state index contributed by atoms with van der Waals surface area (Å²) in [7, 11) is 0. The van der Waals surface area contributed by atoms with Crippen molar-refractivity contribution in [1.82, 2.24) is 0 Å². The summed E-state index contributed by atoms with van der Waals surface area (Å²) in [4.78, 5) is 10.2. The van der Waals surface area contributed by atoms with Gasteiger partial charge in [0.25, 0.3) is 0 Å². The van der Waals surface area contributed by atoms with E-state index in [0.29, 0.717) is 0 Å². The van der Waals surface area contributed by atoms with E-state index in [4.69, 9.17) is 10.2 Å². The van der Waals surface area contributed by atoms with Crippen molar-refractivity contribution >= 4 is 5.97 Å². The van der Waals surface area contributed by atoms with Crippen molar-refractivity contribution < 1.29 is 15.0 Å². The van der Waals surface area contributed by atoms with Crippen LogP contribution in [0.15, 0.2) is 0 Å². The molecule has 0 amide bonds. The monoisotopic (exact) mass is 144 g/mol. The van der Waals surface area contributed by atoms with Crippen molar-refractivity contribution in [2.45, 2.75) is 31.8 Å². The molecule has 0 aromatic heterocycles. The summed E-state index contributed by atoms with van der Waals surface area (Å²) in [5.41, 5.74) is 0. The number of aliphatic hydroxyl groups excluding tert-OH is 1. The Morgan fingerprint density at radius 3 is 2.30 bits per heavy atom. The molecular formula is C7H12O3. The fourth-order valence-electron chi connectivity index (χ4n) is 1.47. The first-order chi connectivity index (χ1) is 4.72. The average Bonchev–Trinajstić information content (AvgIpc) is 2.36. The average molecular weight is 144 g/mol. The Hall–Kier alpha value is -0.570. The maximum atomic E-state index is 10.2. The van der Waals surface area contributed by atoms with Gasteiger partial charge in [0, 0.05) is 0 Å². The Balaban J connectivity index is 2.39. The van der Waals surface area contributed by atoms with Gasteiger partial charge in [-0.2, -0.15) is 0 Å². The van der Waals surface area contributed by atoms with Crippen molar-refractivity contribution in [1.29, 1.82) is 0 Å². The van der Waals surface area contributed by atoms with Crippen LogP contribution < -0.4 is 0 Å². The Morgan fingerprint density at radius 1 is 1.40 bits per heavy atom. The number of hydrogen-bond donors (Lipinski definition) is 2. The van der Waals surface area contributed by atoms with Gasteiger partial charge in [-0.25, -0.2) is 4.79 Å². The van der Waals surface area contributed by atoms with Crippen molar-refractivity contribution in [2.24, 2.45) is 5.92 Å². The van der Waals surface area contributed by atoms with E-state index in [2.05, 4.69) is 0 Å². The molecule has 1 aliphatic carbocycles. The van der Waals surface area contributed by atoms with Gasteiger partial charge in [-0.3, -0.25) is 0 Å².